The first-order chi connectivity index (χ1) is 7.18. The van der Waals surface area contributed by atoms with Crippen LogP contribution in [0.15, 0.2) is 0 Å². The largest absolute Gasteiger partial charge is 0.471 e. The number of nitrogens with one attached hydrogen (secondary N) is 1. The summed E-state index contributed by atoms with van der Waals surface area (Å²) in [6.45, 7) is 4.61. The van der Waals surface area contributed by atoms with E-state index in [0.29, 0.717) is 0 Å². The smallest absolute Gasteiger partial charge is 0.461 e. The molecule has 0 radical (unpaired) electrons. The number of hydrogen-bond acceptors (Lipinski definition) is 3. The van der Waals surface area contributed by atoms with Gasteiger partial charge in [-0.3, -0.25) is 4.79 Å². The van der Waals surface area contributed by atoms with Crippen molar-refractivity contribution in [2.75, 3.05) is 0 Å². The maximum absolute atomic E-state index is 11.9. The van der Waals surface area contributed by atoms with E-state index >= 15 is 0 Å². The zero-order chi connectivity index (χ0) is 12.9. The number of halogens is 3. The predicted molar refractivity (Wildman–Crippen MR) is 49.5 cm³/mol. The van der Waals surface area contributed by atoms with Gasteiger partial charge in [-0.1, -0.05) is 6.92 Å². The molecule has 0 aromatic carbocycles. The molecule has 0 rings (SSSR count). The summed E-state index contributed by atoms with van der Waals surface area (Å²) in [6, 6.07) is -1.27. The molecule has 1 amide bonds. The first-order valence-electron chi connectivity index (χ1n) is 4.76. The minimum atomic E-state index is -4.99. The Kier molecular flexibility index (Phi) is 5.26. The molecule has 0 spiro atoms. The van der Waals surface area contributed by atoms with Crippen molar-refractivity contribution in [1.82, 2.24) is 5.32 Å². The number of rotatable bonds is 4. The molecular formula is C9H14F3NO3. The van der Waals surface area contributed by atoms with Crippen LogP contribution in [0.4, 0.5) is 13.2 Å². The van der Waals surface area contributed by atoms with Crippen molar-refractivity contribution < 1.29 is 27.5 Å². The summed E-state index contributed by atoms with van der Waals surface area (Å²) < 4.78 is 40.4. The van der Waals surface area contributed by atoms with E-state index in [-0.39, 0.29) is 6.42 Å². The fourth-order valence-corrected chi connectivity index (χ4v) is 0.882. The average Bonchev–Trinajstić information content (AvgIpc) is 2.10. The highest BCUT2D eigenvalue weighted by Crippen LogP contribution is 2.15. The summed E-state index contributed by atoms with van der Waals surface area (Å²) in [5.41, 5.74) is 0. The van der Waals surface area contributed by atoms with Crippen LogP contribution in [0.2, 0.25) is 0 Å². The number of esters is 1. The van der Waals surface area contributed by atoms with Crippen molar-refractivity contribution >= 4 is 11.9 Å². The molecule has 0 aromatic heterocycles. The van der Waals surface area contributed by atoms with Gasteiger partial charge in [-0.2, -0.15) is 13.2 Å². The lowest BCUT2D eigenvalue weighted by Crippen LogP contribution is -2.47. The minimum Gasteiger partial charge on any atom is -0.461 e. The van der Waals surface area contributed by atoms with Crippen LogP contribution in [0.1, 0.15) is 27.2 Å². The maximum Gasteiger partial charge on any atom is 0.471 e. The molecular weight excluding hydrogens is 227 g/mol. The quantitative estimate of drug-likeness (QED) is 0.757. The highest BCUT2D eigenvalue weighted by molar-refractivity contribution is 5.87. The molecule has 1 atom stereocenters. The van der Waals surface area contributed by atoms with E-state index in [1.54, 1.807) is 19.2 Å². The van der Waals surface area contributed by atoms with Gasteiger partial charge >= 0.3 is 18.1 Å². The Balaban J connectivity index is 4.42. The molecule has 16 heavy (non-hydrogen) atoms. The van der Waals surface area contributed by atoms with Gasteiger partial charge in [0.25, 0.3) is 0 Å². The zero-order valence-corrected chi connectivity index (χ0v) is 9.22. The molecule has 1 N–H and O–H groups in total. The molecule has 0 saturated heterocycles. The third-order valence-electron chi connectivity index (χ3n) is 1.61. The number of carbonyl (C=O) groups is 2. The van der Waals surface area contributed by atoms with Crippen molar-refractivity contribution in [2.45, 2.75) is 45.5 Å². The molecule has 0 aliphatic heterocycles. The molecule has 4 nitrogen and oxygen atoms in total. The summed E-state index contributed by atoms with van der Waals surface area (Å²) >= 11 is 0. The lowest BCUT2D eigenvalue weighted by atomic mass is 10.2. The Morgan fingerprint density at radius 1 is 1.31 bits per heavy atom. The summed E-state index contributed by atoms with van der Waals surface area (Å²) in [5.74, 6) is -3.00. The van der Waals surface area contributed by atoms with Crippen LogP contribution in [-0.2, 0) is 14.3 Å². The van der Waals surface area contributed by atoms with Crippen molar-refractivity contribution in [3.05, 3.63) is 0 Å². The Hall–Kier alpha value is -1.27. The Morgan fingerprint density at radius 3 is 2.12 bits per heavy atom. The second-order valence-corrected chi connectivity index (χ2v) is 3.42. The molecule has 0 aliphatic carbocycles. The second-order valence-electron chi connectivity index (χ2n) is 3.42. The van der Waals surface area contributed by atoms with Crippen LogP contribution in [-0.4, -0.2) is 30.2 Å². The van der Waals surface area contributed by atoms with Crippen molar-refractivity contribution in [3.8, 4) is 0 Å². The highest BCUT2D eigenvalue weighted by atomic mass is 19.4. The zero-order valence-electron chi connectivity index (χ0n) is 9.22. The van der Waals surface area contributed by atoms with Crippen LogP contribution in [0.25, 0.3) is 0 Å². The third-order valence-corrected chi connectivity index (χ3v) is 1.61. The fourth-order valence-electron chi connectivity index (χ4n) is 0.882. The van der Waals surface area contributed by atoms with Gasteiger partial charge in [0.05, 0.1) is 6.10 Å². The van der Waals surface area contributed by atoms with E-state index in [0.717, 1.165) is 0 Å². The molecule has 0 bridgehead atoms. The molecule has 0 aliphatic rings. The molecule has 0 fully saturated rings. The van der Waals surface area contributed by atoms with Gasteiger partial charge in [0.15, 0.2) is 0 Å². The van der Waals surface area contributed by atoms with Crippen molar-refractivity contribution in [3.63, 3.8) is 0 Å². The van der Waals surface area contributed by atoms with Gasteiger partial charge in [-0.05, 0) is 20.3 Å². The topological polar surface area (TPSA) is 55.4 Å². The lowest BCUT2D eigenvalue weighted by molar-refractivity contribution is -0.176. The van der Waals surface area contributed by atoms with Crippen LogP contribution in [0.3, 0.4) is 0 Å². The molecule has 0 aromatic rings. The van der Waals surface area contributed by atoms with Crippen LogP contribution in [0, 0.1) is 0 Å². The van der Waals surface area contributed by atoms with Crippen LogP contribution in [0.5, 0.6) is 0 Å². The molecule has 7 heteroatoms. The van der Waals surface area contributed by atoms with Gasteiger partial charge in [-0.15, -0.1) is 0 Å². The summed E-state index contributed by atoms with van der Waals surface area (Å²) in [6.07, 6.45) is -5.40. The number of ether oxygens (including phenoxy) is 1. The fraction of sp³-hybridized carbons (Fsp3) is 0.778. The first kappa shape index (κ1) is 14.7. The van der Waals surface area contributed by atoms with E-state index in [4.69, 9.17) is 4.74 Å². The highest BCUT2D eigenvalue weighted by Gasteiger charge is 2.40. The lowest BCUT2D eigenvalue weighted by Gasteiger charge is -2.18. The summed E-state index contributed by atoms with van der Waals surface area (Å²) in [7, 11) is 0. The van der Waals surface area contributed by atoms with E-state index in [2.05, 4.69) is 0 Å². The summed E-state index contributed by atoms with van der Waals surface area (Å²) in [4.78, 5) is 21.8. The number of carbonyl (C=O) groups excluding carboxylic acids is 2. The molecule has 0 heterocycles. The van der Waals surface area contributed by atoms with E-state index in [1.165, 1.54) is 6.92 Å². The first-order valence-corrected chi connectivity index (χ1v) is 4.76. The molecule has 94 valence electrons. The molecule has 0 saturated carbocycles. The average molecular weight is 241 g/mol. The van der Waals surface area contributed by atoms with Gasteiger partial charge in [0.1, 0.15) is 6.04 Å². The number of alkyl halides is 3. The summed E-state index contributed by atoms with van der Waals surface area (Å²) in [5, 5.41) is 1.57. The SMILES string of the molecule is CCC(NC(=O)C(F)(F)F)C(=O)OC(C)C. The van der Waals surface area contributed by atoms with Crippen molar-refractivity contribution in [2.24, 2.45) is 0 Å². The Labute approximate surface area is 91.1 Å². The maximum atomic E-state index is 11.9. The Morgan fingerprint density at radius 2 is 1.81 bits per heavy atom. The van der Waals surface area contributed by atoms with E-state index in [9.17, 15) is 22.8 Å². The monoisotopic (exact) mass is 241 g/mol. The van der Waals surface area contributed by atoms with E-state index in [1.807, 2.05) is 0 Å². The third kappa shape index (κ3) is 4.99. The number of hydrogen-bond donors (Lipinski definition) is 1. The number of amides is 1. The predicted octanol–water partition coefficient (Wildman–Crippen LogP) is 1.40. The minimum absolute atomic E-state index is 0.0351. The van der Waals surface area contributed by atoms with Crippen LogP contribution < -0.4 is 5.32 Å². The normalized spacial score (nSPS) is 13.4. The van der Waals surface area contributed by atoms with Gasteiger partial charge in [-0.25, -0.2) is 4.79 Å². The standard InChI is InChI=1S/C9H14F3NO3/c1-4-6(7(14)16-5(2)3)13-8(15)9(10,11)12/h5-6H,4H2,1-3H3,(H,13,15). The van der Waals surface area contributed by atoms with Crippen molar-refractivity contribution in [1.29, 1.82) is 0 Å². The molecule has 1 unspecified atom stereocenters. The van der Waals surface area contributed by atoms with Gasteiger partial charge in [0, 0.05) is 0 Å². The van der Waals surface area contributed by atoms with E-state index < -0.39 is 30.2 Å². The van der Waals surface area contributed by atoms with Crippen LogP contribution >= 0.6 is 0 Å². The Bertz CT molecular complexity index is 263. The van der Waals surface area contributed by atoms with Gasteiger partial charge < -0.3 is 10.1 Å². The second kappa shape index (κ2) is 5.72. The van der Waals surface area contributed by atoms with Gasteiger partial charge in [0.2, 0.25) is 0 Å².